The van der Waals surface area contributed by atoms with Crippen LogP contribution in [-0.2, 0) is 6.54 Å². The van der Waals surface area contributed by atoms with E-state index >= 15 is 0 Å². The maximum Gasteiger partial charge on any atom is 0.257 e. The number of hydrogen-bond donors (Lipinski definition) is 1. The van der Waals surface area contributed by atoms with Crippen molar-refractivity contribution in [3.05, 3.63) is 12.4 Å². The van der Waals surface area contributed by atoms with E-state index in [4.69, 9.17) is 0 Å². The summed E-state index contributed by atoms with van der Waals surface area (Å²) in [6, 6.07) is 0.447. The lowest BCUT2D eigenvalue weighted by Crippen LogP contribution is -2.29. The van der Waals surface area contributed by atoms with Gasteiger partial charge in [-0.2, -0.15) is 5.10 Å². The number of aromatic nitrogens is 2. The summed E-state index contributed by atoms with van der Waals surface area (Å²) in [5, 5.41) is 7.31. The molecule has 2 rings (SSSR count). The van der Waals surface area contributed by atoms with E-state index in [1.54, 1.807) is 12.4 Å². The SMILES string of the molecule is CC1(C)CCC(Nc2cnn(CC(F)F)c2)CC1. The molecule has 0 spiro atoms. The maximum atomic E-state index is 12.2. The van der Waals surface area contributed by atoms with Gasteiger partial charge in [-0.1, -0.05) is 13.8 Å². The Morgan fingerprint density at radius 1 is 1.44 bits per heavy atom. The molecule has 18 heavy (non-hydrogen) atoms. The van der Waals surface area contributed by atoms with Gasteiger partial charge in [0.15, 0.2) is 0 Å². The molecule has 0 unspecified atom stereocenters. The first-order chi connectivity index (χ1) is 8.44. The molecule has 0 bridgehead atoms. The Hall–Kier alpha value is -1.13. The van der Waals surface area contributed by atoms with Crippen molar-refractivity contribution in [2.45, 2.75) is 58.5 Å². The van der Waals surface area contributed by atoms with Crippen molar-refractivity contribution < 1.29 is 8.78 Å². The van der Waals surface area contributed by atoms with E-state index in [0.717, 1.165) is 18.5 Å². The van der Waals surface area contributed by atoms with Crippen LogP contribution in [-0.4, -0.2) is 22.2 Å². The number of rotatable bonds is 4. The summed E-state index contributed by atoms with van der Waals surface area (Å²) in [4.78, 5) is 0. The van der Waals surface area contributed by atoms with Crippen molar-refractivity contribution >= 4 is 5.69 Å². The quantitative estimate of drug-likeness (QED) is 0.894. The van der Waals surface area contributed by atoms with Gasteiger partial charge in [0.25, 0.3) is 6.43 Å². The molecule has 0 saturated heterocycles. The molecule has 0 radical (unpaired) electrons. The highest BCUT2D eigenvalue weighted by Crippen LogP contribution is 2.35. The lowest BCUT2D eigenvalue weighted by atomic mass is 9.75. The second-order valence-corrected chi connectivity index (χ2v) is 5.92. The molecule has 0 atom stereocenters. The fraction of sp³-hybridized carbons (Fsp3) is 0.769. The zero-order valence-corrected chi connectivity index (χ0v) is 11.0. The Morgan fingerprint density at radius 2 is 2.11 bits per heavy atom. The molecule has 1 aromatic heterocycles. The average molecular weight is 257 g/mol. The number of halogens is 2. The van der Waals surface area contributed by atoms with Crippen molar-refractivity contribution in [2.24, 2.45) is 5.41 Å². The summed E-state index contributed by atoms with van der Waals surface area (Å²) in [6.07, 6.45) is 5.60. The van der Waals surface area contributed by atoms with E-state index in [1.807, 2.05) is 0 Å². The van der Waals surface area contributed by atoms with Gasteiger partial charge in [0.05, 0.1) is 11.9 Å². The van der Waals surface area contributed by atoms with Gasteiger partial charge in [0.2, 0.25) is 0 Å². The Labute approximate surface area is 107 Å². The predicted molar refractivity (Wildman–Crippen MR) is 67.9 cm³/mol. The van der Waals surface area contributed by atoms with Crippen LogP contribution >= 0.6 is 0 Å². The van der Waals surface area contributed by atoms with Crippen molar-refractivity contribution in [3.8, 4) is 0 Å². The zero-order chi connectivity index (χ0) is 13.2. The van der Waals surface area contributed by atoms with Crippen molar-refractivity contribution in [2.75, 3.05) is 5.32 Å². The third kappa shape index (κ3) is 3.68. The Bertz CT molecular complexity index is 377. The Kier molecular flexibility index (Phi) is 3.88. The third-order valence-corrected chi connectivity index (χ3v) is 3.67. The second kappa shape index (κ2) is 5.24. The first kappa shape index (κ1) is 13.3. The van der Waals surface area contributed by atoms with Gasteiger partial charge in [-0.3, -0.25) is 4.68 Å². The molecule has 0 aromatic carbocycles. The van der Waals surface area contributed by atoms with E-state index in [-0.39, 0.29) is 6.54 Å². The molecule has 1 aliphatic carbocycles. The molecule has 1 N–H and O–H groups in total. The molecule has 1 aliphatic rings. The molecule has 0 aliphatic heterocycles. The van der Waals surface area contributed by atoms with Gasteiger partial charge in [-0.15, -0.1) is 0 Å². The number of nitrogens with one attached hydrogen (secondary N) is 1. The average Bonchev–Trinajstić information content (AvgIpc) is 2.68. The van der Waals surface area contributed by atoms with Gasteiger partial charge in [0.1, 0.15) is 6.54 Å². The molecule has 0 amide bonds. The smallest absolute Gasteiger partial charge is 0.257 e. The first-order valence-electron chi connectivity index (χ1n) is 6.52. The van der Waals surface area contributed by atoms with Crippen LogP contribution in [0.3, 0.4) is 0 Å². The zero-order valence-electron chi connectivity index (χ0n) is 11.0. The van der Waals surface area contributed by atoms with Crippen molar-refractivity contribution in [1.29, 1.82) is 0 Å². The largest absolute Gasteiger partial charge is 0.380 e. The molecule has 1 fully saturated rings. The topological polar surface area (TPSA) is 29.9 Å². The van der Waals surface area contributed by atoms with Gasteiger partial charge >= 0.3 is 0 Å². The van der Waals surface area contributed by atoms with Crippen molar-refractivity contribution in [3.63, 3.8) is 0 Å². The number of anilines is 1. The van der Waals surface area contributed by atoms with Gasteiger partial charge in [0, 0.05) is 12.2 Å². The number of hydrogen-bond acceptors (Lipinski definition) is 2. The molecule has 1 saturated carbocycles. The van der Waals surface area contributed by atoms with E-state index < -0.39 is 6.43 Å². The highest BCUT2D eigenvalue weighted by molar-refractivity contribution is 5.39. The minimum Gasteiger partial charge on any atom is -0.380 e. The first-order valence-corrected chi connectivity index (χ1v) is 6.52. The van der Waals surface area contributed by atoms with E-state index in [2.05, 4.69) is 24.3 Å². The van der Waals surface area contributed by atoms with Crippen LogP contribution in [0.2, 0.25) is 0 Å². The van der Waals surface area contributed by atoms with Crippen LogP contribution < -0.4 is 5.32 Å². The minimum absolute atomic E-state index is 0.334. The lowest BCUT2D eigenvalue weighted by molar-refractivity contribution is 0.122. The van der Waals surface area contributed by atoms with Crippen LogP contribution in [0.4, 0.5) is 14.5 Å². The molecule has 1 heterocycles. The predicted octanol–water partition coefficient (Wildman–Crippen LogP) is 3.53. The molecule has 3 nitrogen and oxygen atoms in total. The van der Waals surface area contributed by atoms with Crippen LogP contribution in [0.25, 0.3) is 0 Å². The van der Waals surface area contributed by atoms with Gasteiger partial charge < -0.3 is 5.32 Å². The summed E-state index contributed by atoms with van der Waals surface area (Å²) in [5.41, 5.74) is 1.29. The molecular formula is C13H21F2N3. The van der Waals surface area contributed by atoms with E-state index in [1.165, 1.54) is 17.5 Å². The van der Waals surface area contributed by atoms with E-state index in [9.17, 15) is 8.78 Å². The summed E-state index contributed by atoms with van der Waals surface area (Å²) >= 11 is 0. The van der Waals surface area contributed by atoms with Crippen LogP contribution in [0, 0.1) is 5.41 Å². The Morgan fingerprint density at radius 3 is 2.72 bits per heavy atom. The standard InChI is InChI=1S/C13H21F2N3/c1-13(2)5-3-10(4-6-13)17-11-7-16-18(8-11)9-12(14)15/h7-8,10,12,17H,3-6,9H2,1-2H3. The highest BCUT2D eigenvalue weighted by atomic mass is 19.3. The summed E-state index contributed by atoms with van der Waals surface area (Å²) in [6.45, 7) is 4.26. The minimum atomic E-state index is -2.35. The highest BCUT2D eigenvalue weighted by Gasteiger charge is 2.26. The van der Waals surface area contributed by atoms with Crippen LogP contribution in [0.5, 0.6) is 0 Å². The van der Waals surface area contributed by atoms with E-state index in [0.29, 0.717) is 11.5 Å². The maximum absolute atomic E-state index is 12.2. The summed E-state index contributed by atoms with van der Waals surface area (Å²) < 4.78 is 25.7. The van der Waals surface area contributed by atoms with Crippen molar-refractivity contribution in [1.82, 2.24) is 9.78 Å². The molecular weight excluding hydrogens is 236 g/mol. The van der Waals surface area contributed by atoms with Crippen LogP contribution in [0.1, 0.15) is 39.5 Å². The Balaban J connectivity index is 1.85. The molecule has 5 heteroatoms. The fourth-order valence-corrected chi connectivity index (χ4v) is 2.46. The van der Waals surface area contributed by atoms with Gasteiger partial charge in [-0.05, 0) is 31.1 Å². The molecule has 102 valence electrons. The van der Waals surface area contributed by atoms with Crippen LogP contribution in [0.15, 0.2) is 12.4 Å². The second-order valence-electron chi connectivity index (χ2n) is 5.92. The normalized spacial score (nSPS) is 20.3. The third-order valence-electron chi connectivity index (χ3n) is 3.67. The lowest BCUT2D eigenvalue weighted by Gasteiger charge is -2.34. The fourth-order valence-electron chi connectivity index (χ4n) is 2.46. The summed E-state index contributed by atoms with van der Waals surface area (Å²) in [7, 11) is 0. The summed E-state index contributed by atoms with van der Waals surface area (Å²) in [5.74, 6) is 0. The number of alkyl halides is 2. The number of nitrogens with zero attached hydrogens (tertiary/aromatic N) is 2. The van der Waals surface area contributed by atoms with Gasteiger partial charge in [-0.25, -0.2) is 8.78 Å². The molecule has 1 aromatic rings. The monoisotopic (exact) mass is 257 g/mol.